The summed E-state index contributed by atoms with van der Waals surface area (Å²) >= 11 is 0. The van der Waals surface area contributed by atoms with E-state index in [1.165, 1.54) is 24.3 Å². The van der Waals surface area contributed by atoms with Gasteiger partial charge in [0.1, 0.15) is 5.69 Å². The summed E-state index contributed by atoms with van der Waals surface area (Å²) in [5, 5.41) is 10.7. The maximum atomic E-state index is 11.9. The third-order valence-electron chi connectivity index (χ3n) is 2.75. The van der Waals surface area contributed by atoms with Crippen LogP contribution in [0.15, 0.2) is 34.6 Å². The van der Waals surface area contributed by atoms with E-state index in [1.807, 2.05) is 0 Å². The molecule has 0 radical (unpaired) electrons. The number of nitro benzene ring substituents is 1. The summed E-state index contributed by atoms with van der Waals surface area (Å²) in [7, 11) is 0. The lowest BCUT2D eigenvalue weighted by molar-refractivity contribution is -0.384. The van der Waals surface area contributed by atoms with Crippen LogP contribution in [0.2, 0.25) is 0 Å². The fourth-order valence-corrected chi connectivity index (χ4v) is 1.88. The SMILES string of the molecule is CC(C)=CC(=O)Cc1nc2ccc([N+](=O)[O-])cc2[nH]c1=O. The number of hydrogen-bond acceptors (Lipinski definition) is 5. The fraction of sp³-hybridized carbons (Fsp3) is 0.214. The summed E-state index contributed by atoms with van der Waals surface area (Å²) in [6.07, 6.45) is 1.34. The highest BCUT2D eigenvalue weighted by atomic mass is 16.6. The number of benzene rings is 1. The molecule has 0 fully saturated rings. The highest BCUT2D eigenvalue weighted by Gasteiger charge is 2.11. The van der Waals surface area contributed by atoms with E-state index < -0.39 is 10.5 Å². The molecule has 1 aromatic carbocycles. The number of rotatable bonds is 4. The van der Waals surface area contributed by atoms with Crippen LogP contribution in [0.1, 0.15) is 19.5 Å². The minimum atomic E-state index is -0.552. The average molecular weight is 287 g/mol. The van der Waals surface area contributed by atoms with E-state index >= 15 is 0 Å². The number of nitrogens with one attached hydrogen (secondary N) is 1. The molecule has 0 saturated heterocycles. The molecule has 7 nitrogen and oxygen atoms in total. The number of hydrogen-bond donors (Lipinski definition) is 1. The summed E-state index contributed by atoms with van der Waals surface area (Å²) in [5.41, 5.74) is 0.964. The number of allylic oxidation sites excluding steroid dienone is 2. The highest BCUT2D eigenvalue weighted by Crippen LogP contribution is 2.16. The van der Waals surface area contributed by atoms with Crippen molar-refractivity contribution >= 4 is 22.5 Å². The number of H-pyrrole nitrogens is 1. The lowest BCUT2D eigenvalue weighted by Gasteiger charge is -2.01. The Balaban J connectivity index is 2.44. The van der Waals surface area contributed by atoms with Crippen LogP contribution in [0.5, 0.6) is 0 Å². The van der Waals surface area contributed by atoms with Gasteiger partial charge in [-0.2, -0.15) is 0 Å². The van der Waals surface area contributed by atoms with Gasteiger partial charge in [0.25, 0.3) is 11.2 Å². The number of carbonyl (C=O) groups is 1. The topological polar surface area (TPSA) is 106 Å². The van der Waals surface area contributed by atoms with E-state index in [0.29, 0.717) is 5.52 Å². The first-order chi connectivity index (χ1) is 9.86. The molecule has 2 rings (SSSR count). The standard InChI is InChI=1S/C14H13N3O4/c1-8(2)5-10(18)7-13-14(19)16-12-6-9(17(20)21)3-4-11(12)15-13/h3-6H,7H2,1-2H3,(H,16,19). The van der Waals surface area contributed by atoms with Crippen LogP contribution in [0.4, 0.5) is 5.69 Å². The Bertz CT molecular complexity index is 817. The maximum absolute atomic E-state index is 11.9. The molecular formula is C14H13N3O4. The van der Waals surface area contributed by atoms with Crippen molar-refractivity contribution in [3.8, 4) is 0 Å². The van der Waals surface area contributed by atoms with Gasteiger partial charge in [0.2, 0.25) is 0 Å². The van der Waals surface area contributed by atoms with E-state index in [-0.39, 0.29) is 29.1 Å². The Hall–Kier alpha value is -2.83. The number of aromatic amines is 1. The molecule has 7 heteroatoms. The maximum Gasteiger partial charge on any atom is 0.271 e. The summed E-state index contributed by atoms with van der Waals surface area (Å²) in [6.45, 7) is 3.57. The van der Waals surface area contributed by atoms with Gasteiger partial charge in [-0.25, -0.2) is 4.98 Å². The van der Waals surface area contributed by atoms with Crippen molar-refractivity contribution in [2.24, 2.45) is 0 Å². The second-order valence-electron chi connectivity index (χ2n) is 4.84. The molecule has 0 spiro atoms. The van der Waals surface area contributed by atoms with E-state index in [9.17, 15) is 19.7 Å². The van der Waals surface area contributed by atoms with Crippen molar-refractivity contribution in [3.63, 3.8) is 0 Å². The number of aromatic nitrogens is 2. The van der Waals surface area contributed by atoms with Gasteiger partial charge in [0.15, 0.2) is 5.78 Å². The fourth-order valence-electron chi connectivity index (χ4n) is 1.88. The van der Waals surface area contributed by atoms with Crippen LogP contribution in [-0.2, 0) is 11.2 Å². The molecule has 0 unspecified atom stereocenters. The van der Waals surface area contributed by atoms with Gasteiger partial charge in [0, 0.05) is 12.1 Å². The van der Waals surface area contributed by atoms with Crippen molar-refractivity contribution in [3.05, 3.63) is 56.0 Å². The minimum absolute atomic E-state index is 0.0962. The van der Waals surface area contributed by atoms with Crippen LogP contribution >= 0.6 is 0 Å². The molecule has 108 valence electrons. The molecule has 0 aliphatic rings. The Morgan fingerprint density at radius 3 is 2.76 bits per heavy atom. The Morgan fingerprint density at radius 2 is 2.14 bits per heavy atom. The predicted molar refractivity (Wildman–Crippen MR) is 77.2 cm³/mol. The van der Waals surface area contributed by atoms with Gasteiger partial charge in [-0.15, -0.1) is 0 Å². The van der Waals surface area contributed by atoms with Gasteiger partial charge in [-0.1, -0.05) is 5.57 Å². The number of carbonyl (C=O) groups excluding carboxylic acids is 1. The minimum Gasteiger partial charge on any atom is -0.319 e. The van der Waals surface area contributed by atoms with Crippen molar-refractivity contribution < 1.29 is 9.72 Å². The molecule has 0 saturated carbocycles. The normalized spacial score (nSPS) is 10.4. The van der Waals surface area contributed by atoms with Crippen molar-refractivity contribution in [1.29, 1.82) is 0 Å². The Labute approximate surface area is 119 Å². The number of nitro groups is 1. The molecule has 1 N–H and O–H groups in total. The second kappa shape index (κ2) is 5.66. The first-order valence-electron chi connectivity index (χ1n) is 6.22. The van der Waals surface area contributed by atoms with Gasteiger partial charge in [0.05, 0.1) is 22.4 Å². The zero-order valence-electron chi connectivity index (χ0n) is 11.5. The summed E-state index contributed by atoms with van der Waals surface area (Å²) < 4.78 is 0. The number of non-ortho nitro benzene ring substituents is 1. The molecule has 0 atom stereocenters. The molecule has 0 aliphatic heterocycles. The summed E-state index contributed by atoms with van der Waals surface area (Å²) in [6, 6.07) is 3.99. The lowest BCUT2D eigenvalue weighted by Crippen LogP contribution is -2.18. The average Bonchev–Trinajstić information content (AvgIpc) is 2.37. The van der Waals surface area contributed by atoms with Crippen LogP contribution in [-0.4, -0.2) is 20.7 Å². The van der Waals surface area contributed by atoms with Gasteiger partial charge >= 0.3 is 0 Å². The highest BCUT2D eigenvalue weighted by molar-refractivity contribution is 5.91. The molecular weight excluding hydrogens is 274 g/mol. The zero-order valence-corrected chi connectivity index (χ0v) is 11.5. The van der Waals surface area contributed by atoms with Crippen LogP contribution in [0, 0.1) is 10.1 Å². The molecule has 1 heterocycles. The quantitative estimate of drug-likeness (QED) is 0.525. The molecule has 0 aliphatic carbocycles. The van der Waals surface area contributed by atoms with E-state index in [2.05, 4.69) is 9.97 Å². The largest absolute Gasteiger partial charge is 0.319 e. The third-order valence-corrected chi connectivity index (χ3v) is 2.75. The molecule has 2 aromatic rings. The number of nitrogens with zero attached hydrogens (tertiary/aromatic N) is 2. The van der Waals surface area contributed by atoms with Gasteiger partial charge in [-0.05, 0) is 26.0 Å². The van der Waals surface area contributed by atoms with E-state index in [4.69, 9.17) is 0 Å². The smallest absolute Gasteiger partial charge is 0.271 e. The van der Waals surface area contributed by atoms with Crippen LogP contribution in [0.3, 0.4) is 0 Å². The van der Waals surface area contributed by atoms with Crippen LogP contribution < -0.4 is 5.56 Å². The molecule has 21 heavy (non-hydrogen) atoms. The molecule has 0 bridgehead atoms. The van der Waals surface area contributed by atoms with Gasteiger partial charge in [-0.3, -0.25) is 19.7 Å². The number of fused-ring (bicyclic) bond motifs is 1. The van der Waals surface area contributed by atoms with Crippen molar-refractivity contribution in [2.75, 3.05) is 0 Å². The second-order valence-corrected chi connectivity index (χ2v) is 4.84. The van der Waals surface area contributed by atoms with Gasteiger partial charge < -0.3 is 4.98 Å². The number of ketones is 1. The van der Waals surface area contributed by atoms with Crippen LogP contribution in [0.25, 0.3) is 11.0 Å². The lowest BCUT2D eigenvalue weighted by atomic mass is 10.1. The van der Waals surface area contributed by atoms with Crippen molar-refractivity contribution in [1.82, 2.24) is 9.97 Å². The monoisotopic (exact) mass is 287 g/mol. The summed E-state index contributed by atoms with van der Waals surface area (Å²) in [5.74, 6) is -0.214. The first-order valence-corrected chi connectivity index (χ1v) is 6.22. The van der Waals surface area contributed by atoms with E-state index in [0.717, 1.165) is 5.57 Å². The van der Waals surface area contributed by atoms with E-state index in [1.54, 1.807) is 13.8 Å². The molecule has 1 aromatic heterocycles. The first kappa shape index (κ1) is 14.6. The Morgan fingerprint density at radius 1 is 1.43 bits per heavy atom. The Kier molecular flexibility index (Phi) is 3.93. The predicted octanol–water partition coefficient (Wildman–Crippen LogP) is 1.91. The summed E-state index contributed by atoms with van der Waals surface area (Å²) in [4.78, 5) is 40.3. The molecule has 0 amide bonds. The van der Waals surface area contributed by atoms with Crippen molar-refractivity contribution in [2.45, 2.75) is 20.3 Å². The zero-order chi connectivity index (χ0) is 15.6. The third kappa shape index (κ3) is 3.38.